The maximum Gasteiger partial charge on any atom is 0.312 e. The van der Waals surface area contributed by atoms with Crippen LogP contribution in [0.2, 0.25) is 0 Å². The van der Waals surface area contributed by atoms with Crippen molar-refractivity contribution in [3.8, 4) is 23.0 Å². The Bertz CT molecular complexity index is 834. The molecule has 0 N–H and O–H groups in total. The van der Waals surface area contributed by atoms with E-state index in [4.69, 9.17) is 18.9 Å². The van der Waals surface area contributed by atoms with Crippen LogP contribution in [0.3, 0.4) is 0 Å². The first kappa shape index (κ1) is 15.3. The summed E-state index contributed by atoms with van der Waals surface area (Å²) in [7, 11) is 0. The predicted molar refractivity (Wildman–Crippen MR) is 87.1 cm³/mol. The predicted octanol–water partition coefficient (Wildman–Crippen LogP) is 2.14. The summed E-state index contributed by atoms with van der Waals surface area (Å²) in [5.41, 5.74) is 0.662. The van der Waals surface area contributed by atoms with Crippen molar-refractivity contribution in [1.82, 2.24) is 0 Å². The highest BCUT2D eigenvalue weighted by Gasteiger charge is 2.25. The summed E-state index contributed by atoms with van der Waals surface area (Å²) in [4.78, 5) is 25.7. The van der Waals surface area contributed by atoms with Gasteiger partial charge in [0.2, 0.25) is 6.79 Å². The van der Waals surface area contributed by atoms with E-state index >= 15 is 0 Å². The van der Waals surface area contributed by atoms with Gasteiger partial charge in [0.15, 0.2) is 18.1 Å². The average Bonchev–Trinajstić information content (AvgIpc) is 3.08. The fraction of sp³-hybridized carbons (Fsp3) is 0.222. The lowest BCUT2D eigenvalue weighted by atomic mass is 10.2. The Morgan fingerprint density at radius 3 is 2.80 bits per heavy atom. The van der Waals surface area contributed by atoms with Gasteiger partial charge >= 0.3 is 5.97 Å². The molecule has 4 rings (SSSR count). The fourth-order valence-corrected chi connectivity index (χ4v) is 2.73. The number of benzene rings is 2. The molecule has 0 spiro atoms. The van der Waals surface area contributed by atoms with Crippen LogP contribution in [0.4, 0.5) is 5.69 Å². The maximum atomic E-state index is 12.1. The van der Waals surface area contributed by atoms with Crippen LogP contribution in [-0.2, 0) is 9.59 Å². The number of para-hydroxylation sites is 2. The van der Waals surface area contributed by atoms with Crippen LogP contribution in [0.25, 0.3) is 0 Å². The molecule has 25 heavy (non-hydrogen) atoms. The van der Waals surface area contributed by atoms with Crippen molar-refractivity contribution in [2.45, 2.75) is 6.42 Å². The van der Waals surface area contributed by atoms with Gasteiger partial charge in [-0.1, -0.05) is 12.1 Å². The van der Waals surface area contributed by atoms with Gasteiger partial charge < -0.3 is 23.8 Å². The third-order valence-corrected chi connectivity index (χ3v) is 3.92. The van der Waals surface area contributed by atoms with E-state index < -0.39 is 5.97 Å². The molecule has 0 atom stereocenters. The van der Waals surface area contributed by atoms with Gasteiger partial charge in [0.05, 0.1) is 12.1 Å². The van der Waals surface area contributed by atoms with Gasteiger partial charge in [0.25, 0.3) is 5.91 Å². The number of hydrogen-bond acceptors (Lipinski definition) is 6. The van der Waals surface area contributed by atoms with Gasteiger partial charge in [-0.05, 0) is 24.3 Å². The number of carbonyl (C=O) groups is 2. The number of nitrogens with zero attached hydrogens (tertiary/aromatic N) is 1. The molecule has 2 heterocycles. The normalized spacial score (nSPS) is 14.7. The molecule has 2 aliphatic heterocycles. The molecule has 0 unspecified atom stereocenters. The molecular weight excluding hydrogens is 326 g/mol. The van der Waals surface area contributed by atoms with Crippen LogP contribution >= 0.6 is 0 Å². The number of rotatable bonds is 4. The third kappa shape index (κ3) is 3.08. The van der Waals surface area contributed by atoms with Crippen LogP contribution in [0.1, 0.15) is 6.42 Å². The zero-order chi connectivity index (χ0) is 17.2. The molecular formula is C18H15NO6. The number of fused-ring (bicyclic) bond motifs is 2. The molecule has 128 valence electrons. The zero-order valence-corrected chi connectivity index (χ0v) is 13.3. The van der Waals surface area contributed by atoms with Crippen LogP contribution in [0, 0.1) is 0 Å². The van der Waals surface area contributed by atoms with Gasteiger partial charge in [-0.15, -0.1) is 0 Å². The second-order valence-corrected chi connectivity index (χ2v) is 5.54. The summed E-state index contributed by atoms with van der Waals surface area (Å²) in [5.74, 6) is 1.55. The number of anilines is 1. The lowest BCUT2D eigenvalue weighted by molar-refractivity contribution is -0.134. The van der Waals surface area contributed by atoms with Crippen molar-refractivity contribution in [3.63, 3.8) is 0 Å². The Hall–Kier alpha value is -3.22. The van der Waals surface area contributed by atoms with Crippen molar-refractivity contribution < 1.29 is 28.5 Å². The summed E-state index contributed by atoms with van der Waals surface area (Å²) >= 11 is 0. The van der Waals surface area contributed by atoms with Crippen LogP contribution in [0.15, 0.2) is 42.5 Å². The molecule has 0 aromatic heterocycles. The molecule has 7 heteroatoms. The van der Waals surface area contributed by atoms with Gasteiger partial charge in [0, 0.05) is 12.6 Å². The topological polar surface area (TPSA) is 74.3 Å². The minimum atomic E-state index is -0.435. The average molecular weight is 341 g/mol. The second-order valence-electron chi connectivity index (χ2n) is 5.54. The van der Waals surface area contributed by atoms with E-state index in [2.05, 4.69) is 0 Å². The van der Waals surface area contributed by atoms with E-state index in [1.807, 2.05) is 12.1 Å². The molecule has 2 aromatic rings. The summed E-state index contributed by atoms with van der Waals surface area (Å²) in [6, 6.07) is 12.2. The van der Waals surface area contributed by atoms with Crippen molar-refractivity contribution in [2.24, 2.45) is 0 Å². The molecule has 2 aromatic carbocycles. The Kier molecular flexibility index (Phi) is 3.89. The minimum absolute atomic E-state index is 0.0335. The highest BCUT2D eigenvalue weighted by Crippen LogP contribution is 2.35. The molecule has 0 saturated heterocycles. The first-order valence-electron chi connectivity index (χ1n) is 7.83. The number of ether oxygens (including phenoxy) is 4. The highest BCUT2D eigenvalue weighted by atomic mass is 16.7. The lowest BCUT2D eigenvalue weighted by Gasteiger charge is -2.28. The molecule has 2 aliphatic rings. The number of hydrogen-bond donors (Lipinski definition) is 0. The van der Waals surface area contributed by atoms with Crippen LogP contribution in [0.5, 0.6) is 23.0 Å². The van der Waals surface area contributed by atoms with Crippen molar-refractivity contribution in [2.75, 3.05) is 24.8 Å². The summed E-state index contributed by atoms with van der Waals surface area (Å²) in [6.45, 7) is 0.349. The molecule has 0 aliphatic carbocycles. The largest absolute Gasteiger partial charge is 0.482 e. The minimum Gasteiger partial charge on any atom is -0.482 e. The number of esters is 1. The Labute approximate surface area is 143 Å². The molecule has 0 bridgehead atoms. The third-order valence-electron chi connectivity index (χ3n) is 3.92. The molecule has 0 fully saturated rings. The highest BCUT2D eigenvalue weighted by molar-refractivity contribution is 5.98. The molecule has 7 nitrogen and oxygen atoms in total. The summed E-state index contributed by atoms with van der Waals surface area (Å²) < 4.78 is 21.1. The zero-order valence-electron chi connectivity index (χ0n) is 13.3. The van der Waals surface area contributed by atoms with Crippen molar-refractivity contribution in [1.29, 1.82) is 0 Å². The van der Waals surface area contributed by atoms with Gasteiger partial charge in [-0.3, -0.25) is 9.59 Å². The second kappa shape index (κ2) is 6.35. The number of amides is 1. The van der Waals surface area contributed by atoms with E-state index in [1.165, 1.54) is 0 Å². The Balaban J connectivity index is 1.40. The monoisotopic (exact) mass is 341 g/mol. The van der Waals surface area contributed by atoms with E-state index in [0.29, 0.717) is 28.7 Å². The van der Waals surface area contributed by atoms with Crippen LogP contribution in [-0.4, -0.2) is 31.8 Å². The van der Waals surface area contributed by atoms with Gasteiger partial charge in [-0.25, -0.2) is 0 Å². The van der Waals surface area contributed by atoms with E-state index in [0.717, 1.165) is 0 Å². The number of carbonyl (C=O) groups excluding carboxylic acids is 2. The maximum absolute atomic E-state index is 12.1. The van der Waals surface area contributed by atoms with E-state index in [1.54, 1.807) is 35.2 Å². The molecule has 1 amide bonds. The van der Waals surface area contributed by atoms with E-state index in [9.17, 15) is 9.59 Å². The van der Waals surface area contributed by atoms with Gasteiger partial charge in [0.1, 0.15) is 11.5 Å². The smallest absolute Gasteiger partial charge is 0.312 e. The SMILES string of the molecule is O=C(CCN1C(=O)COc2ccccc21)Oc1ccc2c(c1)OCO2. The summed E-state index contributed by atoms with van der Waals surface area (Å²) in [5, 5.41) is 0. The Morgan fingerprint density at radius 1 is 1.04 bits per heavy atom. The standard InChI is InChI=1S/C18H15NO6/c20-17-10-22-14-4-2-1-3-13(14)19(17)8-7-18(21)25-12-5-6-15-16(9-12)24-11-23-15/h1-6,9H,7-8,10-11H2. The van der Waals surface area contributed by atoms with Crippen molar-refractivity contribution in [3.05, 3.63) is 42.5 Å². The quantitative estimate of drug-likeness (QED) is 0.626. The fourth-order valence-electron chi connectivity index (χ4n) is 2.73. The van der Waals surface area contributed by atoms with Gasteiger partial charge in [-0.2, -0.15) is 0 Å². The first-order chi connectivity index (χ1) is 12.2. The lowest BCUT2D eigenvalue weighted by Crippen LogP contribution is -2.40. The summed E-state index contributed by atoms with van der Waals surface area (Å²) in [6.07, 6.45) is 0.0640. The molecule has 0 radical (unpaired) electrons. The first-order valence-corrected chi connectivity index (χ1v) is 7.83. The molecule has 0 saturated carbocycles. The van der Waals surface area contributed by atoms with Crippen molar-refractivity contribution >= 4 is 17.6 Å². The van der Waals surface area contributed by atoms with Crippen LogP contribution < -0.4 is 23.8 Å². The Morgan fingerprint density at radius 2 is 1.88 bits per heavy atom. The van der Waals surface area contributed by atoms with E-state index in [-0.39, 0.29) is 32.3 Å².